The summed E-state index contributed by atoms with van der Waals surface area (Å²) in [5, 5.41) is 8.57. The molecule has 4 aliphatic carbocycles. The van der Waals surface area contributed by atoms with Gasteiger partial charge in [0, 0.05) is 12.0 Å². The summed E-state index contributed by atoms with van der Waals surface area (Å²) in [4.78, 5) is 11.1. The van der Waals surface area contributed by atoms with Crippen LogP contribution in [0.4, 0.5) is 0 Å². The number of benzene rings is 2. The monoisotopic (exact) mass is 461 g/mol. The van der Waals surface area contributed by atoms with E-state index in [0.29, 0.717) is 11.8 Å². The van der Waals surface area contributed by atoms with Crippen molar-refractivity contribution in [2.75, 3.05) is 6.61 Å². The van der Waals surface area contributed by atoms with Gasteiger partial charge in [0.15, 0.2) is 0 Å². The van der Waals surface area contributed by atoms with Gasteiger partial charge in [-0.05, 0) is 97.8 Å². The zero-order valence-electron chi connectivity index (χ0n) is 20.3. The lowest BCUT2D eigenvalue weighted by Crippen LogP contribution is -2.48. The summed E-state index contributed by atoms with van der Waals surface area (Å²) >= 11 is 0. The smallest absolute Gasteiger partial charge is 0.243 e. The van der Waals surface area contributed by atoms with Crippen molar-refractivity contribution in [3.8, 4) is 16.9 Å². The molecular weight excluding hydrogens is 422 g/mol. The van der Waals surface area contributed by atoms with Gasteiger partial charge in [-0.1, -0.05) is 55.7 Å². The highest BCUT2D eigenvalue weighted by Gasteiger charge is 2.52. The second-order valence-electron chi connectivity index (χ2n) is 11.2. The third-order valence-corrected chi connectivity index (χ3v) is 8.63. The van der Waals surface area contributed by atoms with Crippen LogP contribution in [-0.2, 0) is 10.2 Å². The van der Waals surface area contributed by atoms with E-state index in [1.165, 1.54) is 55.2 Å². The van der Waals surface area contributed by atoms with Crippen molar-refractivity contribution in [1.29, 1.82) is 0 Å². The molecule has 0 aliphatic heterocycles. The number of hydrogen-bond donors (Lipinski definition) is 2. The van der Waals surface area contributed by atoms with Crippen LogP contribution >= 0.6 is 0 Å². The lowest BCUT2D eigenvalue weighted by molar-refractivity contribution is -0.129. The molecule has 4 heteroatoms. The minimum atomic E-state index is -0.292. The molecular formula is C30H39NO3. The van der Waals surface area contributed by atoms with Gasteiger partial charge in [-0.2, -0.15) is 0 Å². The Morgan fingerprint density at radius 3 is 2.18 bits per heavy atom. The Morgan fingerprint density at radius 2 is 1.50 bits per heavy atom. The lowest BCUT2D eigenvalue weighted by atomic mass is 9.48. The quantitative estimate of drug-likeness (QED) is 0.214. The number of ether oxygens (including phenoxy) is 1. The average Bonchev–Trinajstić information content (AvgIpc) is 2.85. The summed E-state index contributed by atoms with van der Waals surface area (Å²) in [6, 6.07) is 17.7. The molecule has 2 aromatic carbocycles. The molecule has 6 rings (SSSR count). The zero-order chi connectivity index (χ0) is 23.4. The highest BCUT2D eigenvalue weighted by Crippen LogP contribution is 2.62. The van der Waals surface area contributed by atoms with Gasteiger partial charge in [-0.15, -0.1) is 0 Å². The van der Waals surface area contributed by atoms with Gasteiger partial charge in [-0.3, -0.25) is 10.0 Å². The predicted octanol–water partition coefficient (Wildman–Crippen LogP) is 7.05. The van der Waals surface area contributed by atoms with Crippen LogP contribution in [0.3, 0.4) is 0 Å². The Hall–Kier alpha value is -2.33. The van der Waals surface area contributed by atoms with Crippen molar-refractivity contribution >= 4 is 5.91 Å². The first-order valence-corrected chi connectivity index (χ1v) is 13.4. The predicted molar refractivity (Wildman–Crippen MR) is 135 cm³/mol. The summed E-state index contributed by atoms with van der Waals surface area (Å²) in [5.41, 5.74) is 6.08. The third kappa shape index (κ3) is 5.17. The molecule has 0 radical (unpaired) electrons. The topological polar surface area (TPSA) is 58.6 Å². The second-order valence-corrected chi connectivity index (χ2v) is 11.2. The number of rotatable bonds is 11. The van der Waals surface area contributed by atoms with E-state index >= 15 is 0 Å². The SMILES string of the molecule is O=C(CCCCCCCOc1ccc(-c2ccccc2)cc1C12CC3CC(CC(C3)C1)C2)NO. The van der Waals surface area contributed by atoms with E-state index < -0.39 is 0 Å². The first-order chi connectivity index (χ1) is 16.6. The summed E-state index contributed by atoms with van der Waals surface area (Å²) in [5.74, 6) is 3.55. The Labute approximate surface area is 204 Å². The molecule has 1 amide bonds. The number of carbonyl (C=O) groups is 1. The van der Waals surface area contributed by atoms with Gasteiger partial charge in [0.2, 0.25) is 5.91 Å². The summed E-state index contributed by atoms with van der Waals surface area (Å²) in [6.07, 6.45) is 13.9. The van der Waals surface area contributed by atoms with Gasteiger partial charge in [-0.25, -0.2) is 5.48 Å². The van der Waals surface area contributed by atoms with E-state index in [2.05, 4.69) is 48.5 Å². The number of carbonyl (C=O) groups excluding carboxylic acids is 1. The highest BCUT2D eigenvalue weighted by atomic mass is 16.5. The molecule has 0 heterocycles. The van der Waals surface area contributed by atoms with E-state index in [4.69, 9.17) is 9.94 Å². The van der Waals surface area contributed by atoms with Crippen LogP contribution in [0.1, 0.15) is 82.6 Å². The summed E-state index contributed by atoms with van der Waals surface area (Å²) < 4.78 is 6.48. The van der Waals surface area contributed by atoms with E-state index in [1.807, 2.05) is 0 Å². The number of hydrogen-bond acceptors (Lipinski definition) is 3. The molecule has 34 heavy (non-hydrogen) atoms. The molecule has 0 spiro atoms. The molecule has 4 nitrogen and oxygen atoms in total. The van der Waals surface area contributed by atoms with E-state index in [9.17, 15) is 4.79 Å². The van der Waals surface area contributed by atoms with Gasteiger partial charge in [0.25, 0.3) is 0 Å². The van der Waals surface area contributed by atoms with Crippen molar-refractivity contribution < 1.29 is 14.7 Å². The minimum Gasteiger partial charge on any atom is -0.493 e. The molecule has 4 saturated carbocycles. The van der Waals surface area contributed by atoms with Crippen LogP contribution in [0.25, 0.3) is 11.1 Å². The molecule has 182 valence electrons. The van der Waals surface area contributed by atoms with Crippen molar-refractivity contribution in [3.63, 3.8) is 0 Å². The normalized spacial score (nSPS) is 27.0. The van der Waals surface area contributed by atoms with E-state index in [-0.39, 0.29) is 5.91 Å². The third-order valence-electron chi connectivity index (χ3n) is 8.63. The van der Waals surface area contributed by atoms with Crippen molar-refractivity contribution in [3.05, 3.63) is 54.1 Å². The molecule has 0 saturated heterocycles. The summed E-state index contributed by atoms with van der Waals surface area (Å²) in [7, 11) is 0. The van der Waals surface area contributed by atoms with Gasteiger partial charge in [0.1, 0.15) is 5.75 Å². The molecule has 4 aliphatic rings. The minimum absolute atomic E-state index is 0.292. The van der Waals surface area contributed by atoms with Crippen LogP contribution in [0.15, 0.2) is 48.5 Å². The standard InChI is InChI=1S/C30H39NO3/c32-29(31-33)11-7-2-1-3-8-14-34-28-13-12-26(25-9-5-4-6-10-25)18-27(28)30-19-22-15-23(20-30)17-24(16-22)21-30/h4-6,9-10,12-13,18,22-24,33H,1-3,7-8,11,14-17,19-21H2,(H,31,32). The largest absolute Gasteiger partial charge is 0.493 e. The molecule has 0 atom stereocenters. The fourth-order valence-electron chi connectivity index (χ4n) is 7.48. The molecule has 4 fully saturated rings. The van der Waals surface area contributed by atoms with Gasteiger partial charge >= 0.3 is 0 Å². The first kappa shape index (κ1) is 23.4. The Morgan fingerprint density at radius 1 is 0.853 bits per heavy atom. The van der Waals surface area contributed by atoms with Crippen LogP contribution in [0.5, 0.6) is 5.75 Å². The molecule has 0 unspecified atom stereocenters. The molecule has 0 aromatic heterocycles. The van der Waals surface area contributed by atoms with Crippen LogP contribution in [0.2, 0.25) is 0 Å². The maximum Gasteiger partial charge on any atom is 0.243 e. The van der Waals surface area contributed by atoms with Crippen LogP contribution < -0.4 is 10.2 Å². The number of amides is 1. The average molecular weight is 462 g/mol. The van der Waals surface area contributed by atoms with Gasteiger partial charge in [0.05, 0.1) is 6.61 Å². The molecule has 4 bridgehead atoms. The fraction of sp³-hybridized carbons (Fsp3) is 0.567. The van der Waals surface area contributed by atoms with Crippen molar-refractivity contribution in [2.24, 2.45) is 17.8 Å². The second kappa shape index (κ2) is 10.5. The fourth-order valence-corrected chi connectivity index (χ4v) is 7.48. The Kier molecular flexibility index (Phi) is 7.24. The van der Waals surface area contributed by atoms with Crippen LogP contribution in [-0.4, -0.2) is 17.7 Å². The van der Waals surface area contributed by atoms with Gasteiger partial charge < -0.3 is 4.74 Å². The van der Waals surface area contributed by atoms with E-state index in [1.54, 1.807) is 5.48 Å². The van der Waals surface area contributed by atoms with Crippen molar-refractivity contribution in [1.82, 2.24) is 5.48 Å². The number of nitrogens with one attached hydrogen (secondary N) is 1. The molecule has 2 aromatic rings. The first-order valence-electron chi connectivity index (χ1n) is 13.4. The maximum absolute atomic E-state index is 11.1. The van der Waals surface area contributed by atoms with Crippen LogP contribution in [0, 0.1) is 17.8 Å². The Balaban J connectivity index is 1.26. The highest BCUT2D eigenvalue weighted by molar-refractivity contribution is 5.74. The zero-order valence-corrected chi connectivity index (χ0v) is 20.3. The maximum atomic E-state index is 11.1. The number of unbranched alkanes of at least 4 members (excludes halogenated alkanes) is 4. The molecule has 2 N–H and O–H groups in total. The number of hydroxylamine groups is 1. The Bertz CT molecular complexity index is 935. The lowest BCUT2D eigenvalue weighted by Gasteiger charge is -2.57. The van der Waals surface area contributed by atoms with E-state index in [0.717, 1.165) is 62.2 Å². The summed E-state index contributed by atoms with van der Waals surface area (Å²) in [6.45, 7) is 0.751. The van der Waals surface area contributed by atoms with Crippen molar-refractivity contribution in [2.45, 2.75) is 82.5 Å².